The summed E-state index contributed by atoms with van der Waals surface area (Å²) in [4.78, 5) is 1.99. The molecule has 1 saturated heterocycles. The van der Waals surface area contributed by atoms with E-state index in [1.807, 2.05) is 19.1 Å². The third-order valence-electron chi connectivity index (χ3n) is 7.03. The molecule has 0 bridgehead atoms. The monoisotopic (exact) mass is 578 g/mol. The van der Waals surface area contributed by atoms with Crippen LogP contribution in [0.15, 0.2) is 59.9 Å². The first-order chi connectivity index (χ1) is 18.8. The van der Waals surface area contributed by atoms with E-state index in [9.17, 15) is 26.0 Å². The summed E-state index contributed by atoms with van der Waals surface area (Å²) in [7, 11) is -4.07. The van der Waals surface area contributed by atoms with Crippen molar-refractivity contribution in [1.82, 2.24) is 28.8 Å². The number of alkyl halides is 3. The lowest BCUT2D eigenvalue weighted by Crippen LogP contribution is -2.51. The van der Waals surface area contributed by atoms with E-state index in [4.69, 9.17) is 0 Å². The van der Waals surface area contributed by atoms with Gasteiger partial charge in [-0.05, 0) is 60.4 Å². The number of hydrogen-bond acceptors (Lipinski definition) is 5. The van der Waals surface area contributed by atoms with Gasteiger partial charge in [0.2, 0.25) is 10.0 Å². The van der Waals surface area contributed by atoms with Crippen molar-refractivity contribution in [2.45, 2.75) is 44.4 Å². The van der Waals surface area contributed by atoms with Crippen molar-refractivity contribution in [1.29, 1.82) is 0 Å². The molecule has 2 aromatic heterocycles. The third kappa shape index (κ3) is 5.77. The number of nitrogens with zero attached hydrogens (tertiary/aromatic N) is 6. The Morgan fingerprint density at radius 3 is 2.45 bits per heavy atom. The summed E-state index contributed by atoms with van der Waals surface area (Å²) in [5.74, 6) is -0.00931. The second kappa shape index (κ2) is 10.6. The first-order valence-corrected chi connectivity index (χ1v) is 14.3. The zero-order chi connectivity index (χ0) is 28.8. The van der Waals surface area contributed by atoms with Crippen molar-refractivity contribution in [3.8, 4) is 5.69 Å². The molecule has 5 rings (SSSR count). The minimum absolute atomic E-state index is 0.137. The zero-order valence-corrected chi connectivity index (χ0v) is 23.1. The Kier molecular flexibility index (Phi) is 7.48. The molecule has 1 aliphatic heterocycles. The van der Waals surface area contributed by atoms with Crippen molar-refractivity contribution in [2.75, 3.05) is 26.2 Å². The summed E-state index contributed by atoms with van der Waals surface area (Å²) in [6.45, 7) is 6.34. The van der Waals surface area contributed by atoms with Gasteiger partial charge in [0.15, 0.2) is 0 Å². The minimum Gasteiger partial charge on any atom is -0.293 e. The molecule has 13 heteroatoms. The standard InChI is InChI=1S/C27H30F4N6O2S/c1-18(2)14-34-8-9-36(40(38,39)23-13-32-35(15-23)17-27(29,30)31)16-26(34)24-11-20-12-33-37(25(20)10-19(24)3)22-6-4-21(28)5-7-22/h4-7,10-13,15,18,26H,8-9,14,16-17H2,1-3H3/t26-/m0/s1. The highest BCUT2D eigenvalue weighted by Gasteiger charge is 2.37. The number of halogens is 4. The molecule has 40 heavy (non-hydrogen) atoms. The van der Waals surface area contributed by atoms with Gasteiger partial charge in [-0.15, -0.1) is 0 Å². The molecule has 0 amide bonds. The van der Waals surface area contributed by atoms with Gasteiger partial charge in [-0.3, -0.25) is 9.58 Å². The summed E-state index contributed by atoms with van der Waals surface area (Å²) >= 11 is 0. The SMILES string of the molecule is Cc1cc2c(cnn2-c2ccc(F)cc2)cc1[C@@H]1CN(S(=O)(=O)c2cnn(CC(F)(F)F)c2)CCN1CC(C)C. The van der Waals surface area contributed by atoms with Crippen LogP contribution >= 0.6 is 0 Å². The molecule has 8 nitrogen and oxygen atoms in total. The number of piperazine rings is 1. The summed E-state index contributed by atoms with van der Waals surface area (Å²) < 4.78 is 82.5. The average molecular weight is 579 g/mol. The Labute approximate surface area is 229 Å². The predicted octanol–water partition coefficient (Wildman–Crippen LogP) is 4.94. The molecule has 0 N–H and O–H groups in total. The van der Waals surface area contributed by atoms with Crippen LogP contribution in [-0.4, -0.2) is 69.5 Å². The zero-order valence-electron chi connectivity index (χ0n) is 22.3. The molecule has 0 saturated carbocycles. The number of sulfonamides is 1. The molecule has 1 fully saturated rings. The van der Waals surface area contributed by atoms with Gasteiger partial charge >= 0.3 is 6.18 Å². The van der Waals surface area contributed by atoms with Gasteiger partial charge in [-0.2, -0.15) is 27.7 Å². The fourth-order valence-corrected chi connectivity index (χ4v) is 6.63. The van der Waals surface area contributed by atoms with Crippen molar-refractivity contribution in [3.63, 3.8) is 0 Å². The van der Waals surface area contributed by atoms with Crippen LogP contribution in [0.4, 0.5) is 17.6 Å². The van der Waals surface area contributed by atoms with E-state index in [2.05, 4.69) is 28.9 Å². The van der Waals surface area contributed by atoms with Gasteiger partial charge in [0.25, 0.3) is 0 Å². The molecule has 0 aliphatic carbocycles. The summed E-state index contributed by atoms with van der Waals surface area (Å²) in [5.41, 5.74) is 3.43. The number of aromatic nitrogens is 4. The molecule has 2 aromatic carbocycles. The maximum Gasteiger partial charge on any atom is 0.408 e. The van der Waals surface area contributed by atoms with Gasteiger partial charge in [-0.1, -0.05) is 13.8 Å². The van der Waals surface area contributed by atoms with Crippen LogP contribution in [0.5, 0.6) is 0 Å². The predicted molar refractivity (Wildman–Crippen MR) is 142 cm³/mol. The molecule has 0 radical (unpaired) electrons. The van der Waals surface area contributed by atoms with Gasteiger partial charge in [0, 0.05) is 43.8 Å². The highest BCUT2D eigenvalue weighted by molar-refractivity contribution is 7.89. The largest absolute Gasteiger partial charge is 0.408 e. The lowest BCUT2D eigenvalue weighted by molar-refractivity contribution is -0.142. The topological polar surface area (TPSA) is 76.3 Å². The summed E-state index contributed by atoms with van der Waals surface area (Å²) in [6, 6.07) is 9.76. The molecule has 0 unspecified atom stereocenters. The van der Waals surface area contributed by atoms with E-state index < -0.39 is 22.7 Å². The Morgan fingerprint density at radius 2 is 1.77 bits per heavy atom. The molecule has 1 aliphatic rings. The van der Waals surface area contributed by atoms with Crippen molar-refractivity contribution < 1.29 is 26.0 Å². The number of benzene rings is 2. The van der Waals surface area contributed by atoms with Crippen LogP contribution in [0.1, 0.15) is 31.0 Å². The molecule has 1 atom stereocenters. The number of fused-ring (bicyclic) bond motifs is 1. The Bertz CT molecular complexity index is 1610. The normalized spacial score (nSPS) is 17.8. The highest BCUT2D eigenvalue weighted by Crippen LogP contribution is 2.34. The van der Waals surface area contributed by atoms with E-state index in [0.29, 0.717) is 22.8 Å². The second-order valence-corrected chi connectivity index (χ2v) is 12.5. The van der Waals surface area contributed by atoms with E-state index in [1.54, 1.807) is 23.0 Å². The average Bonchev–Trinajstić information content (AvgIpc) is 3.50. The summed E-state index contributed by atoms with van der Waals surface area (Å²) in [6.07, 6.45) is -0.890. The maximum absolute atomic E-state index is 13.5. The fourth-order valence-electron chi connectivity index (χ4n) is 5.24. The Hall–Kier alpha value is -3.29. The first-order valence-electron chi connectivity index (χ1n) is 12.9. The quantitative estimate of drug-likeness (QED) is 0.291. The van der Waals surface area contributed by atoms with Crippen molar-refractivity contribution >= 4 is 20.9 Å². The first kappa shape index (κ1) is 28.2. The number of hydrogen-bond donors (Lipinski definition) is 0. The van der Waals surface area contributed by atoms with Crippen LogP contribution in [0.25, 0.3) is 16.6 Å². The summed E-state index contributed by atoms with van der Waals surface area (Å²) in [5, 5.41) is 8.97. The Morgan fingerprint density at radius 1 is 1.05 bits per heavy atom. The van der Waals surface area contributed by atoms with Crippen molar-refractivity contribution in [3.05, 3.63) is 71.9 Å². The van der Waals surface area contributed by atoms with Crippen LogP contribution in [0, 0.1) is 18.7 Å². The third-order valence-corrected chi connectivity index (χ3v) is 8.85. The molecule has 214 valence electrons. The van der Waals surface area contributed by atoms with E-state index in [1.165, 1.54) is 16.4 Å². The molecular formula is C27H30F4N6O2S. The van der Waals surface area contributed by atoms with Gasteiger partial charge in [0.05, 0.1) is 23.6 Å². The second-order valence-electron chi connectivity index (χ2n) is 10.6. The lowest BCUT2D eigenvalue weighted by atomic mass is 9.96. The van der Waals surface area contributed by atoms with E-state index in [-0.39, 0.29) is 29.8 Å². The highest BCUT2D eigenvalue weighted by atomic mass is 32.2. The lowest BCUT2D eigenvalue weighted by Gasteiger charge is -2.42. The number of rotatable bonds is 7. The fraction of sp³-hybridized carbons (Fsp3) is 0.407. The van der Waals surface area contributed by atoms with Crippen LogP contribution in [0.3, 0.4) is 0 Å². The van der Waals surface area contributed by atoms with Crippen LogP contribution < -0.4 is 0 Å². The van der Waals surface area contributed by atoms with Gasteiger partial charge in [0.1, 0.15) is 17.3 Å². The van der Waals surface area contributed by atoms with Crippen LogP contribution in [0.2, 0.25) is 0 Å². The molecule has 3 heterocycles. The maximum atomic E-state index is 13.5. The van der Waals surface area contributed by atoms with Gasteiger partial charge in [-0.25, -0.2) is 17.5 Å². The molecule has 4 aromatic rings. The number of aryl methyl sites for hydroxylation is 1. The van der Waals surface area contributed by atoms with Crippen LogP contribution in [-0.2, 0) is 16.6 Å². The van der Waals surface area contributed by atoms with E-state index >= 15 is 0 Å². The van der Waals surface area contributed by atoms with Crippen molar-refractivity contribution in [2.24, 2.45) is 5.92 Å². The molecular weight excluding hydrogens is 548 g/mol. The van der Waals surface area contributed by atoms with Gasteiger partial charge < -0.3 is 0 Å². The Balaban J connectivity index is 1.48. The van der Waals surface area contributed by atoms with E-state index in [0.717, 1.165) is 41.0 Å². The molecule has 0 spiro atoms. The minimum atomic E-state index is -4.51. The smallest absolute Gasteiger partial charge is 0.293 e.